The number of ether oxygens (including phenoxy) is 1. The summed E-state index contributed by atoms with van der Waals surface area (Å²) >= 11 is 0. The van der Waals surface area contributed by atoms with Crippen LogP contribution in [-0.2, 0) is 23.0 Å². The van der Waals surface area contributed by atoms with Gasteiger partial charge in [0, 0.05) is 55.4 Å². The third-order valence-electron chi connectivity index (χ3n) is 5.57. The fraction of sp³-hybridized carbons (Fsp3) is 0.455. The number of hydrogen-bond acceptors (Lipinski definition) is 4. The number of nitrogens with one attached hydrogen (secondary N) is 1. The van der Waals surface area contributed by atoms with Crippen LogP contribution in [0.4, 0.5) is 0 Å². The maximum Gasteiger partial charge on any atom is 0.223 e. The predicted octanol–water partition coefficient (Wildman–Crippen LogP) is 2.36. The minimum atomic E-state index is -0.115. The molecule has 1 saturated heterocycles. The van der Waals surface area contributed by atoms with E-state index in [1.807, 2.05) is 56.8 Å². The first kappa shape index (κ1) is 19.7. The Kier molecular flexibility index (Phi) is 5.69. The lowest BCUT2D eigenvalue weighted by Gasteiger charge is -2.42. The van der Waals surface area contributed by atoms with Gasteiger partial charge in [-0.25, -0.2) is 0 Å². The normalized spacial score (nSPS) is 19.9. The Morgan fingerprint density at radius 3 is 2.93 bits per heavy atom. The fourth-order valence-electron chi connectivity index (χ4n) is 4.24. The van der Waals surface area contributed by atoms with Gasteiger partial charge in [-0.1, -0.05) is 18.2 Å². The van der Waals surface area contributed by atoms with E-state index in [1.165, 1.54) is 10.9 Å². The van der Waals surface area contributed by atoms with Gasteiger partial charge < -0.3 is 19.5 Å². The molecule has 0 aliphatic carbocycles. The van der Waals surface area contributed by atoms with Gasteiger partial charge in [0.25, 0.3) is 0 Å². The van der Waals surface area contributed by atoms with Crippen molar-refractivity contribution >= 4 is 16.8 Å². The Balaban J connectivity index is 1.53. The maximum absolute atomic E-state index is 13.3. The van der Waals surface area contributed by atoms with Gasteiger partial charge in [0.15, 0.2) is 0 Å². The molecule has 3 heterocycles. The molecule has 1 aromatic carbocycles. The number of hydrogen-bond donors (Lipinski definition) is 1. The number of carbonyl (C=O) groups is 1. The fourth-order valence-corrected chi connectivity index (χ4v) is 4.24. The van der Waals surface area contributed by atoms with Crippen LogP contribution in [0, 0.1) is 0 Å². The Hall–Kier alpha value is -2.64. The van der Waals surface area contributed by atoms with Gasteiger partial charge in [0.1, 0.15) is 0 Å². The highest BCUT2D eigenvalue weighted by molar-refractivity contribution is 5.84. The minimum absolute atomic E-state index is 0.0695. The zero-order valence-electron chi connectivity index (χ0n) is 17.3. The Morgan fingerprint density at radius 2 is 2.17 bits per heavy atom. The zero-order chi connectivity index (χ0) is 20.4. The molecule has 1 N–H and O–H groups in total. The number of nitrogens with zero attached hydrogens (tertiary/aromatic N) is 4. The highest BCUT2D eigenvalue weighted by Crippen LogP contribution is 2.31. The lowest BCUT2D eigenvalue weighted by atomic mass is 9.99. The molecule has 0 spiro atoms. The van der Waals surface area contributed by atoms with Crippen LogP contribution in [0.2, 0.25) is 0 Å². The number of H-pyrrole nitrogens is 1. The largest absolute Gasteiger partial charge is 0.373 e. The SMILES string of the molecule is CN(C)C[C@@H]1OCCN(C(=O)CCc2c[nH]c3ccccc23)[C@H]1c1cnn(C)c1. The second kappa shape index (κ2) is 8.39. The van der Waals surface area contributed by atoms with Gasteiger partial charge >= 0.3 is 0 Å². The molecule has 0 radical (unpaired) electrons. The van der Waals surface area contributed by atoms with E-state index in [4.69, 9.17) is 4.74 Å². The summed E-state index contributed by atoms with van der Waals surface area (Å²) in [5, 5.41) is 5.52. The molecule has 7 nitrogen and oxygen atoms in total. The van der Waals surface area contributed by atoms with Crippen LogP contribution in [0.1, 0.15) is 23.6 Å². The van der Waals surface area contributed by atoms with E-state index in [9.17, 15) is 4.79 Å². The Morgan fingerprint density at radius 1 is 1.34 bits per heavy atom. The number of benzene rings is 1. The highest BCUT2D eigenvalue weighted by Gasteiger charge is 2.37. The van der Waals surface area contributed by atoms with E-state index in [2.05, 4.69) is 27.1 Å². The van der Waals surface area contributed by atoms with Gasteiger partial charge in [-0.3, -0.25) is 9.48 Å². The summed E-state index contributed by atoms with van der Waals surface area (Å²) in [5.74, 6) is 0.163. The van der Waals surface area contributed by atoms with Crippen molar-refractivity contribution in [1.29, 1.82) is 0 Å². The van der Waals surface area contributed by atoms with E-state index in [-0.39, 0.29) is 18.1 Å². The van der Waals surface area contributed by atoms with Crippen LogP contribution in [0.15, 0.2) is 42.9 Å². The molecule has 1 amide bonds. The topological polar surface area (TPSA) is 66.4 Å². The van der Waals surface area contributed by atoms with Crippen LogP contribution in [-0.4, -0.2) is 70.4 Å². The summed E-state index contributed by atoms with van der Waals surface area (Å²) in [7, 11) is 5.96. The van der Waals surface area contributed by atoms with Crippen molar-refractivity contribution in [1.82, 2.24) is 24.6 Å². The van der Waals surface area contributed by atoms with Gasteiger partial charge in [-0.2, -0.15) is 5.10 Å². The molecule has 0 bridgehead atoms. The number of likely N-dealkylation sites (N-methyl/N-ethyl adjacent to an activating group) is 1. The van der Waals surface area contributed by atoms with Crippen molar-refractivity contribution in [2.75, 3.05) is 33.8 Å². The van der Waals surface area contributed by atoms with Crippen molar-refractivity contribution in [3.8, 4) is 0 Å². The molecule has 3 aromatic rings. The molecule has 4 rings (SSSR count). The monoisotopic (exact) mass is 395 g/mol. The number of carbonyl (C=O) groups excluding carboxylic acids is 1. The van der Waals surface area contributed by atoms with Crippen LogP contribution >= 0.6 is 0 Å². The van der Waals surface area contributed by atoms with Gasteiger partial charge in [0.2, 0.25) is 5.91 Å². The summed E-state index contributed by atoms with van der Waals surface area (Å²) in [6.45, 7) is 1.93. The number of aryl methyl sites for hydroxylation is 2. The molecule has 1 aliphatic heterocycles. The molecule has 2 aromatic heterocycles. The van der Waals surface area contributed by atoms with E-state index in [1.54, 1.807) is 4.68 Å². The summed E-state index contributed by atoms with van der Waals surface area (Å²) in [6.07, 6.45) is 6.99. The molecular formula is C22H29N5O2. The van der Waals surface area contributed by atoms with Crippen LogP contribution < -0.4 is 0 Å². The van der Waals surface area contributed by atoms with E-state index in [0.29, 0.717) is 19.6 Å². The van der Waals surface area contributed by atoms with E-state index >= 15 is 0 Å². The minimum Gasteiger partial charge on any atom is -0.373 e. The standard InChI is InChI=1S/C22H29N5O2/c1-25(2)15-20-22(17-13-24-26(3)14-17)27(10-11-29-20)21(28)9-8-16-12-23-19-7-5-4-6-18(16)19/h4-7,12-14,20,22-23H,8-11,15H2,1-3H3/t20-,22-/m0/s1. The number of fused-ring (bicyclic) bond motifs is 1. The smallest absolute Gasteiger partial charge is 0.223 e. The van der Waals surface area contributed by atoms with Gasteiger partial charge in [-0.15, -0.1) is 0 Å². The van der Waals surface area contributed by atoms with E-state index in [0.717, 1.165) is 24.0 Å². The highest BCUT2D eigenvalue weighted by atomic mass is 16.5. The first-order valence-corrected chi connectivity index (χ1v) is 10.1. The summed E-state index contributed by atoms with van der Waals surface area (Å²) in [5.41, 5.74) is 3.32. The number of aromatic amines is 1. The number of rotatable bonds is 6. The molecule has 1 aliphatic rings. The average Bonchev–Trinajstić information content (AvgIpc) is 3.31. The van der Waals surface area contributed by atoms with Crippen LogP contribution in [0.3, 0.4) is 0 Å². The first-order chi connectivity index (χ1) is 14.0. The second-order valence-electron chi connectivity index (χ2n) is 8.01. The third kappa shape index (κ3) is 4.21. The van der Waals surface area contributed by atoms with Crippen molar-refractivity contribution in [2.24, 2.45) is 7.05 Å². The molecule has 7 heteroatoms. The molecule has 0 saturated carbocycles. The lowest BCUT2D eigenvalue weighted by molar-refractivity contribution is -0.148. The number of morpholine rings is 1. The lowest BCUT2D eigenvalue weighted by Crippen LogP contribution is -2.51. The van der Waals surface area contributed by atoms with Crippen molar-refractivity contribution in [3.05, 3.63) is 54.0 Å². The number of amides is 1. The molecular weight excluding hydrogens is 366 g/mol. The average molecular weight is 396 g/mol. The summed E-state index contributed by atoms with van der Waals surface area (Å²) < 4.78 is 7.86. The summed E-state index contributed by atoms with van der Waals surface area (Å²) in [4.78, 5) is 20.7. The Bertz CT molecular complexity index is 976. The van der Waals surface area contributed by atoms with Crippen LogP contribution in [0.25, 0.3) is 10.9 Å². The molecule has 154 valence electrons. The van der Waals surface area contributed by atoms with Gasteiger partial charge in [-0.05, 0) is 32.1 Å². The maximum atomic E-state index is 13.3. The Labute approximate surface area is 171 Å². The quantitative estimate of drug-likeness (QED) is 0.696. The third-order valence-corrected chi connectivity index (χ3v) is 5.57. The van der Waals surface area contributed by atoms with E-state index < -0.39 is 0 Å². The second-order valence-corrected chi connectivity index (χ2v) is 8.01. The summed E-state index contributed by atoms with van der Waals surface area (Å²) in [6, 6.07) is 8.10. The van der Waals surface area contributed by atoms with Gasteiger partial charge in [0.05, 0.1) is 24.9 Å². The number of para-hydroxylation sites is 1. The molecule has 0 unspecified atom stereocenters. The van der Waals surface area contributed by atoms with Crippen molar-refractivity contribution in [2.45, 2.75) is 25.0 Å². The zero-order valence-corrected chi connectivity index (χ0v) is 17.3. The predicted molar refractivity (Wildman–Crippen MR) is 113 cm³/mol. The van der Waals surface area contributed by atoms with Crippen molar-refractivity contribution in [3.63, 3.8) is 0 Å². The first-order valence-electron chi connectivity index (χ1n) is 10.1. The van der Waals surface area contributed by atoms with Crippen LogP contribution in [0.5, 0.6) is 0 Å². The number of aromatic nitrogens is 3. The molecule has 2 atom stereocenters. The molecule has 29 heavy (non-hydrogen) atoms. The molecule has 1 fully saturated rings. The van der Waals surface area contributed by atoms with Crippen molar-refractivity contribution < 1.29 is 9.53 Å².